The molecule has 0 unspecified atom stereocenters. The molecular weight excluding hydrogens is 322 g/mol. The average Bonchev–Trinajstić information content (AvgIpc) is 2.36. The predicted molar refractivity (Wildman–Crippen MR) is 86.3 cm³/mol. The van der Waals surface area contributed by atoms with E-state index in [2.05, 4.69) is 38.4 Å². The molecule has 0 radical (unpaired) electrons. The number of hydrogen-bond acceptors (Lipinski definition) is 3. The van der Waals surface area contributed by atoms with E-state index in [1.165, 1.54) is 5.56 Å². The van der Waals surface area contributed by atoms with Crippen molar-refractivity contribution in [1.82, 2.24) is 4.98 Å². The molecule has 19 heavy (non-hydrogen) atoms. The van der Waals surface area contributed by atoms with Gasteiger partial charge in [0.15, 0.2) is 0 Å². The molecule has 0 aliphatic rings. The molecule has 0 bridgehead atoms. The summed E-state index contributed by atoms with van der Waals surface area (Å²) in [6, 6.07) is 11.9. The van der Waals surface area contributed by atoms with Gasteiger partial charge in [0.25, 0.3) is 0 Å². The first-order valence-corrected chi connectivity index (χ1v) is 7.01. The van der Waals surface area contributed by atoms with E-state index in [-0.39, 0.29) is 0 Å². The van der Waals surface area contributed by atoms with Crippen LogP contribution in [0.5, 0.6) is 0 Å². The molecule has 2 rings (SSSR count). The SMILES string of the molecule is Cc1cc(C(N)=S)cc(NCc2cccc(Br)c2)n1. The zero-order chi connectivity index (χ0) is 13.8. The van der Waals surface area contributed by atoms with Crippen LogP contribution in [0.15, 0.2) is 40.9 Å². The van der Waals surface area contributed by atoms with Crippen molar-refractivity contribution in [2.24, 2.45) is 5.73 Å². The highest BCUT2D eigenvalue weighted by Gasteiger charge is 2.02. The van der Waals surface area contributed by atoms with Gasteiger partial charge < -0.3 is 11.1 Å². The maximum absolute atomic E-state index is 5.65. The van der Waals surface area contributed by atoms with E-state index in [0.717, 1.165) is 21.5 Å². The van der Waals surface area contributed by atoms with Crippen molar-refractivity contribution >= 4 is 39.0 Å². The lowest BCUT2D eigenvalue weighted by atomic mass is 10.2. The average molecular weight is 336 g/mol. The van der Waals surface area contributed by atoms with E-state index in [1.54, 1.807) is 0 Å². The number of nitrogens with zero attached hydrogens (tertiary/aromatic N) is 1. The summed E-state index contributed by atoms with van der Waals surface area (Å²) in [7, 11) is 0. The summed E-state index contributed by atoms with van der Waals surface area (Å²) in [5.74, 6) is 0.780. The molecule has 1 heterocycles. The molecule has 0 fully saturated rings. The Morgan fingerprint density at radius 1 is 1.37 bits per heavy atom. The second kappa shape index (κ2) is 6.12. The minimum Gasteiger partial charge on any atom is -0.389 e. The van der Waals surface area contributed by atoms with Crippen LogP contribution in [0.3, 0.4) is 0 Å². The summed E-state index contributed by atoms with van der Waals surface area (Å²) in [4.78, 5) is 4.80. The van der Waals surface area contributed by atoms with Crippen molar-refractivity contribution in [2.75, 3.05) is 5.32 Å². The van der Waals surface area contributed by atoms with Crippen LogP contribution in [0, 0.1) is 6.92 Å². The number of pyridine rings is 1. The quantitative estimate of drug-likeness (QED) is 0.841. The van der Waals surface area contributed by atoms with Gasteiger partial charge in [-0.3, -0.25) is 0 Å². The van der Waals surface area contributed by atoms with Crippen LogP contribution < -0.4 is 11.1 Å². The summed E-state index contributed by atoms with van der Waals surface area (Å²) in [5.41, 5.74) is 8.55. The third-order valence-electron chi connectivity index (χ3n) is 2.60. The van der Waals surface area contributed by atoms with Gasteiger partial charge in [-0.15, -0.1) is 0 Å². The monoisotopic (exact) mass is 335 g/mol. The number of aromatic nitrogens is 1. The largest absolute Gasteiger partial charge is 0.389 e. The molecular formula is C14H14BrN3S. The van der Waals surface area contributed by atoms with Gasteiger partial charge in [-0.1, -0.05) is 40.3 Å². The van der Waals surface area contributed by atoms with Crippen LogP contribution in [0.2, 0.25) is 0 Å². The van der Waals surface area contributed by atoms with E-state index >= 15 is 0 Å². The maximum Gasteiger partial charge on any atom is 0.127 e. The Bertz CT molecular complexity index is 613. The molecule has 1 aromatic carbocycles. The van der Waals surface area contributed by atoms with Gasteiger partial charge in [0.2, 0.25) is 0 Å². The molecule has 0 saturated carbocycles. The fourth-order valence-corrected chi connectivity index (χ4v) is 2.31. The normalized spacial score (nSPS) is 10.2. The van der Waals surface area contributed by atoms with Gasteiger partial charge in [-0.2, -0.15) is 0 Å². The van der Waals surface area contributed by atoms with Gasteiger partial charge in [0, 0.05) is 22.3 Å². The molecule has 0 amide bonds. The lowest BCUT2D eigenvalue weighted by Crippen LogP contribution is -2.11. The van der Waals surface area contributed by atoms with Gasteiger partial charge in [0.05, 0.1) is 0 Å². The van der Waals surface area contributed by atoms with E-state index in [4.69, 9.17) is 18.0 Å². The first kappa shape index (κ1) is 14.0. The number of nitrogens with two attached hydrogens (primary N) is 1. The lowest BCUT2D eigenvalue weighted by molar-refractivity contribution is 1.09. The first-order chi connectivity index (χ1) is 9.04. The predicted octanol–water partition coefficient (Wildman–Crippen LogP) is 3.40. The highest BCUT2D eigenvalue weighted by molar-refractivity contribution is 9.10. The molecule has 0 spiro atoms. The summed E-state index contributed by atoms with van der Waals surface area (Å²) in [5, 5.41) is 3.28. The zero-order valence-corrected chi connectivity index (χ0v) is 12.9. The molecule has 0 saturated heterocycles. The topological polar surface area (TPSA) is 50.9 Å². The van der Waals surface area contributed by atoms with Crippen molar-refractivity contribution in [3.8, 4) is 0 Å². The second-order valence-electron chi connectivity index (χ2n) is 4.23. The number of thiocarbonyl (C=S) groups is 1. The number of hydrogen-bond donors (Lipinski definition) is 2. The highest BCUT2D eigenvalue weighted by atomic mass is 79.9. The summed E-state index contributed by atoms with van der Waals surface area (Å²) < 4.78 is 1.06. The molecule has 5 heteroatoms. The summed E-state index contributed by atoms with van der Waals surface area (Å²) in [6.07, 6.45) is 0. The van der Waals surface area contributed by atoms with Crippen LogP contribution >= 0.6 is 28.1 Å². The number of anilines is 1. The van der Waals surface area contributed by atoms with Crippen LogP contribution in [0.1, 0.15) is 16.8 Å². The summed E-state index contributed by atoms with van der Waals surface area (Å²) in [6.45, 7) is 2.62. The minimum absolute atomic E-state index is 0.385. The third-order valence-corrected chi connectivity index (χ3v) is 3.33. The summed E-state index contributed by atoms with van der Waals surface area (Å²) >= 11 is 8.45. The number of halogens is 1. The van der Waals surface area contributed by atoms with E-state index in [0.29, 0.717) is 11.5 Å². The molecule has 3 N–H and O–H groups in total. The van der Waals surface area contributed by atoms with Crippen molar-refractivity contribution in [3.05, 3.63) is 57.7 Å². The van der Waals surface area contributed by atoms with Gasteiger partial charge >= 0.3 is 0 Å². The van der Waals surface area contributed by atoms with Crippen LogP contribution in [-0.4, -0.2) is 9.97 Å². The van der Waals surface area contributed by atoms with Crippen molar-refractivity contribution in [1.29, 1.82) is 0 Å². The van der Waals surface area contributed by atoms with Gasteiger partial charge in [-0.25, -0.2) is 4.98 Å². The second-order valence-corrected chi connectivity index (χ2v) is 5.59. The first-order valence-electron chi connectivity index (χ1n) is 5.81. The standard InChI is InChI=1S/C14H14BrN3S/c1-9-5-11(14(16)19)7-13(18-9)17-8-10-3-2-4-12(15)6-10/h2-7H,8H2,1H3,(H2,16,19)(H,17,18). The number of aryl methyl sites for hydroxylation is 1. The molecule has 3 nitrogen and oxygen atoms in total. The third kappa shape index (κ3) is 4.01. The molecule has 1 aromatic heterocycles. The maximum atomic E-state index is 5.65. The van der Waals surface area contributed by atoms with Crippen LogP contribution in [-0.2, 0) is 6.54 Å². The zero-order valence-electron chi connectivity index (χ0n) is 10.5. The fraction of sp³-hybridized carbons (Fsp3) is 0.143. The molecule has 0 aliphatic carbocycles. The Hall–Kier alpha value is -1.46. The Kier molecular flexibility index (Phi) is 4.50. The van der Waals surface area contributed by atoms with Crippen molar-refractivity contribution in [2.45, 2.75) is 13.5 Å². The van der Waals surface area contributed by atoms with E-state index in [1.807, 2.05) is 31.2 Å². The molecule has 0 atom stereocenters. The van der Waals surface area contributed by atoms with Crippen LogP contribution in [0.25, 0.3) is 0 Å². The fourth-order valence-electron chi connectivity index (χ4n) is 1.74. The molecule has 2 aromatic rings. The molecule has 0 aliphatic heterocycles. The van der Waals surface area contributed by atoms with Crippen molar-refractivity contribution in [3.63, 3.8) is 0 Å². The van der Waals surface area contributed by atoms with Crippen LogP contribution in [0.4, 0.5) is 5.82 Å². The highest BCUT2D eigenvalue weighted by Crippen LogP contribution is 2.14. The Balaban J connectivity index is 2.13. The van der Waals surface area contributed by atoms with E-state index < -0.39 is 0 Å². The number of rotatable bonds is 4. The minimum atomic E-state index is 0.385. The smallest absolute Gasteiger partial charge is 0.127 e. The number of nitrogens with one attached hydrogen (secondary N) is 1. The van der Waals surface area contributed by atoms with Gasteiger partial charge in [0.1, 0.15) is 10.8 Å². The van der Waals surface area contributed by atoms with Gasteiger partial charge in [-0.05, 0) is 36.8 Å². The number of benzene rings is 1. The van der Waals surface area contributed by atoms with E-state index in [9.17, 15) is 0 Å². The Labute approximate surface area is 126 Å². The lowest BCUT2D eigenvalue weighted by Gasteiger charge is -2.09. The Morgan fingerprint density at radius 2 is 2.16 bits per heavy atom. The molecule has 98 valence electrons. The Morgan fingerprint density at radius 3 is 2.84 bits per heavy atom. The van der Waals surface area contributed by atoms with Crippen molar-refractivity contribution < 1.29 is 0 Å².